The van der Waals surface area contributed by atoms with Gasteiger partial charge in [-0.15, -0.1) is 0 Å². The van der Waals surface area contributed by atoms with E-state index in [1.54, 1.807) is 36.4 Å². The molecule has 24 heavy (non-hydrogen) atoms. The number of aromatic hydroxyl groups is 1. The van der Waals surface area contributed by atoms with E-state index in [-0.39, 0.29) is 12.4 Å². The summed E-state index contributed by atoms with van der Waals surface area (Å²) in [5, 5.41) is 21.6. The molecule has 1 atom stereocenters. The summed E-state index contributed by atoms with van der Waals surface area (Å²) in [5.74, 6) is 0.310. The number of para-hydroxylation sites is 1. The molecule has 1 amide bonds. The van der Waals surface area contributed by atoms with Gasteiger partial charge in [-0.3, -0.25) is 5.32 Å². The summed E-state index contributed by atoms with van der Waals surface area (Å²) in [7, 11) is 1.46. The number of hydrogen-bond donors (Lipinski definition) is 3. The fourth-order valence-corrected chi connectivity index (χ4v) is 2.28. The summed E-state index contributed by atoms with van der Waals surface area (Å²) in [5.41, 5.74) is 1.26. The van der Waals surface area contributed by atoms with Crippen molar-refractivity contribution in [3.8, 4) is 11.5 Å². The Morgan fingerprint density at radius 3 is 2.58 bits per heavy atom. The molecule has 0 saturated heterocycles. The third-order valence-electron chi connectivity index (χ3n) is 3.47. The predicted octanol–water partition coefficient (Wildman–Crippen LogP) is 3.46. The molecule has 6 heteroatoms. The number of amides is 1. The number of nitrogens with one attached hydrogen (secondary N) is 1. The van der Waals surface area contributed by atoms with Crippen molar-refractivity contribution in [3.05, 3.63) is 54.1 Å². The number of aliphatic hydroxyl groups excluding tert-OH is 1. The number of anilines is 1. The van der Waals surface area contributed by atoms with E-state index in [1.165, 1.54) is 13.2 Å². The molecule has 0 spiro atoms. The maximum atomic E-state index is 12.1. The van der Waals surface area contributed by atoms with Gasteiger partial charge in [0.15, 0.2) is 11.5 Å². The van der Waals surface area contributed by atoms with Crippen molar-refractivity contribution in [2.24, 2.45) is 0 Å². The lowest BCUT2D eigenvalue weighted by atomic mass is 10.0. The van der Waals surface area contributed by atoms with Crippen LogP contribution in [0.5, 0.6) is 11.5 Å². The predicted molar refractivity (Wildman–Crippen MR) is 90.3 cm³/mol. The van der Waals surface area contributed by atoms with E-state index in [0.29, 0.717) is 29.8 Å². The maximum Gasteiger partial charge on any atom is 0.412 e. The van der Waals surface area contributed by atoms with E-state index in [0.717, 1.165) is 0 Å². The monoisotopic (exact) mass is 331 g/mol. The van der Waals surface area contributed by atoms with Gasteiger partial charge in [-0.25, -0.2) is 4.79 Å². The second-order valence-corrected chi connectivity index (χ2v) is 5.18. The van der Waals surface area contributed by atoms with Crippen molar-refractivity contribution in [1.82, 2.24) is 0 Å². The highest BCUT2D eigenvalue weighted by atomic mass is 16.6. The number of benzene rings is 2. The minimum Gasteiger partial charge on any atom is -0.504 e. The first kappa shape index (κ1) is 17.6. The Bertz CT molecular complexity index is 660. The quantitative estimate of drug-likeness (QED) is 0.723. The molecular formula is C18H21NO5. The van der Waals surface area contributed by atoms with E-state index < -0.39 is 12.2 Å². The first-order valence-electron chi connectivity index (χ1n) is 7.64. The van der Waals surface area contributed by atoms with Gasteiger partial charge in [0.2, 0.25) is 0 Å². The summed E-state index contributed by atoms with van der Waals surface area (Å²) < 4.78 is 10.5. The number of carbonyl (C=O) groups is 1. The van der Waals surface area contributed by atoms with Crippen LogP contribution in [0.25, 0.3) is 0 Å². The smallest absolute Gasteiger partial charge is 0.412 e. The average molecular weight is 331 g/mol. The van der Waals surface area contributed by atoms with E-state index in [1.807, 2.05) is 6.07 Å². The minimum absolute atomic E-state index is 0.0116. The van der Waals surface area contributed by atoms with Crippen molar-refractivity contribution in [2.75, 3.05) is 19.0 Å². The zero-order valence-corrected chi connectivity index (χ0v) is 13.4. The van der Waals surface area contributed by atoms with E-state index in [9.17, 15) is 9.90 Å². The molecule has 6 nitrogen and oxygen atoms in total. The molecule has 128 valence electrons. The van der Waals surface area contributed by atoms with Gasteiger partial charge in [-0.1, -0.05) is 24.3 Å². The summed E-state index contributed by atoms with van der Waals surface area (Å²) in [4.78, 5) is 12.1. The molecule has 0 fully saturated rings. The van der Waals surface area contributed by atoms with Gasteiger partial charge >= 0.3 is 6.09 Å². The molecule has 0 bridgehead atoms. The van der Waals surface area contributed by atoms with Gasteiger partial charge in [-0.05, 0) is 42.7 Å². The normalized spacial score (nSPS) is 11.6. The van der Waals surface area contributed by atoms with Crippen LogP contribution < -0.4 is 10.1 Å². The summed E-state index contributed by atoms with van der Waals surface area (Å²) >= 11 is 0. The van der Waals surface area contributed by atoms with Crippen LogP contribution in [0.4, 0.5) is 10.5 Å². The molecule has 0 radical (unpaired) electrons. The standard InChI is InChI=1S/C18H21NO5/c1-23-17-10-9-13(12-15(17)21)16(8-5-11-20)24-18(22)19-14-6-3-2-4-7-14/h2-4,6-7,9-10,12,16,20-21H,5,8,11H2,1H3,(H,19,22)/t16-/m1/s1. The van der Waals surface area contributed by atoms with Gasteiger partial charge < -0.3 is 19.7 Å². The molecule has 0 aliphatic carbocycles. The largest absolute Gasteiger partial charge is 0.504 e. The van der Waals surface area contributed by atoms with Gasteiger partial charge in [-0.2, -0.15) is 0 Å². The molecular weight excluding hydrogens is 310 g/mol. The Kier molecular flexibility index (Phi) is 6.45. The summed E-state index contributed by atoms with van der Waals surface area (Å²) in [6.45, 7) is -0.0116. The SMILES string of the molecule is COc1ccc([C@@H](CCCO)OC(=O)Nc2ccccc2)cc1O. The molecule has 0 unspecified atom stereocenters. The molecule has 0 aliphatic heterocycles. The molecule has 0 heterocycles. The topological polar surface area (TPSA) is 88.0 Å². The Labute approximate surface area is 140 Å². The van der Waals surface area contributed by atoms with Crippen molar-refractivity contribution >= 4 is 11.8 Å². The zero-order chi connectivity index (χ0) is 17.4. The van der Waals surface area contributed by atoms with Crippen molar-refractivity contribution in [1.29, 1.82) is 0 Å². The van der Waals surface area contributed by atoms with Gasteiger partial charge in [0, 0.05) is 12.3 Å². The minimum atomic E-state index is -0.598. The van der Waals surface area contributed by atoms with Crippen LogP contribution in [0, 0.1) is 0 Å². The zero-order valence-electron chi connectivity index (χ0n) is 13.4. The van der Waals surface area contributed by atoms with Crippen LogP contribution in [-0.4, -0.2) is 30.0 Å². The number of hydrogen-bond acceptors (Lipinski definition) is 5. The van der Waals surface area contributed by atoms with Crippen molar-refractivity contribution in [3.63, 3.8) is 0 Å². The first-order chi connectivity index (χ1) is 11.6. The van der Waals surface area contributed by atoms with E-state index in [4.69, 9.17) is 14.6 Å². The van der Waals surface area contributed by atoms with Gasteiger partial charge in [0.25, 0.3) is 0 Å². The number of carbonyl (C=O) groups excluding carboxylic acids is 1. The van der Waals surface area contributed by atoms with Crippen LogP contribution >= 0.6 is 0 Å². The average Bonchev–Trinajstić information content (AvgIpc) is 2.59. The van der Waals surface area contributed by atoms with Crippen LogP contribution in [-0.2, 0) is 4.74 Å². The Balaban J connectivity index is 2.10. The van der Waals surface area contributed by atoms with Crippen molar-refractivity contribution < 1.29 is 24.5 Å². The van der Waals surface area contributed by atoms with Crippen LogP contribution in [0.1, 0.15) is 24.5 Å². The molecule has 3 N–H and O–H groups in total. The maximum absolute atomic E-state index is 12.1. The number of phenolic OH excluding ortho intramolecular Hbond substituents is 1. The third kappa shape index (κ3) is 4.89. The fraction of sp³-hybridized carbons (Fsp3) is 0.278. The number of ether oxygens (including phenoxy) is 2. The number of aliphatic hydroxyl groups is 1. The molecule has 2 aromatic carbocycles. The van der Waals surface area contributed by atoms with Crippen LogP contribution in [0.15, 0.2) is 48.5 Å². The summed E-state index contributed by atoms with van der Waals surface area (Å²) in [6, 6.07) is 13.8. The van der Waals surface area contributed by atoms with Gasteiger partial charge in [0.1, 0.15) is 6.10 Å². The number of rotatable bonds is 7. The Morgan fingerprint density at radius 1 is 1.21 bits per heavy atom. The molecule has 2 aromatic rings. The Morgan fingerprint density at radius 2 is 1.96 bits per heavy atom. The van der Waals surface area contributed by atoms with Crippen LogP contribution in [0.2, 0.25) is 0 Å². The highest BCUT2D eigenvalue weighted by Gasteiger charge is 2.18. The van der Waals surface area contributed by atoms with Crippen molar-refractivity contribution in [2.45, 2.75) is 18.9 Å². The second kappa shape index (κ2) is 8.79. The molecule has 0 aromatic heterocycles. The highest BCUT2D eigenvalue weighted by molar-refractivity contribution is 5.84. The molecule has 0 saturated carbocycles. The lowest BCUT2D eigenvalue weighted by molar-refractivity contribution is 0.0993. The van der Waals surface area contributed by atoms with Crippen LogP contribution in [0.3, 0.4) is 0 Å². The second-order valence-electron chi connectivity index (χ2n) is 5.18. The third-order valence-corrected chi connectivity index (χ3v) is 3.47. The van der Waals surface area contributed by atoms with E-state index >= 15 is 0 Å². The van der Waals surface area contributed by atoms with E-state index in [2.05, 4.69) is 5.32 Å². The summed E-state index contributed by atoms with van der Waals surface area (Å²) in [6.07, 6.45) is -0.280. The number of phenols is 1. The fourth-order valence-electron chi connectivity index (χ4n) is 2.28. The first-order valence-corrected chi connectivity index (χ1v) is 7.64. The lowest BCUT2D eigenvalue weighted by Crippen LogP contribution is -2.18. The Hall–Kier alpha value is -2.73. The van der Waals surface area contributed by atoms with Gasteiger partial charge in [0.05, 0.1) is 7.11 Å². The number of methoxy groups -OCH3 is 1. The highest BCUT2D eigenvalue weighted by Crippen LogP contribution is 2.32. The molecule has 2 rings (SSSR count). The molecule has 0 aliphatic rings. The lowest BCUT2D eigenvalue weighted by Gasteiger charge is -2.19.